The molecule has 2 aromatic carbocycles. The molecule has 4 rings (SSSR count). The smallest absolute Gasteiger partial charge is 0.259 e. The van der Waals surface area contributed by atoms with E-state index in [0.29, 0.717) is 55.2 Å². The van der Waals surface area contributed by atoms with Crippen molar-refractivity contribution in [1.29, 1.82) is 0 Å². The lowest BCUT2D eigenvalue weighted by molar-refractivity contribution is 0.102. The minimum atomic E-state index is -3.73. The lowest BCUT2D eigenvalue weighted by Crippen LogP contribution is -2.29. The van der Waals surface area contributed by atoms with Crippen molar-refractivity contribution in [1.82, 2.24) is 14.1 Å². The monoisotopic (exact) mass is 514 g/mol. The van der Waals surface area contributed by atoms with Gasteiger partial charge in [0.2, 0.25) is 10.0 Å². The summed E-state index contributed by atoms with van der Waals surface area (Å²) in [7, 11) is -0.535. The zero-order valence-corrected chi connectivity index (χ0v) is 21.4. The number of rotatable bonds is 10. The van der Waals surface area contributed by atoms with Crippen molar-refractivity contribution in [3.05, 3.63) is 71.0 Å². The lowest BCUT2D eigenvalue weighted by Gasteiger charge is -2.17. The summed E-state index contributed by atoms with van der Waals surface area (Å²) in [6, 6.07) is 12.5. The summed E-state index contributed by atoms with van der Waals surface area (Å²) in [5.74, 6) is 0.359. The molecule has 2 heterocycles. The van der Waals surface area contributed by atoms with E-state index in [-0.39, 0.29) is 17.5 Å². The van der Waals surface area contributed by atoms with Gasteiger partial charge in [-0.25, -0.2) is 8.42 Å². The van der Waals surface area contributed by atoms with Crippen LogP contribution in [0.3, 0.4) is 0 Å². The van der Waals surface area contributed by atoms with E-state index < -0.39 is 10.0 Å². The molecule has 1 aromatic heterocycles. The summed E-state index contributed by atoms with van der Waals surface area (Å²) < 4.78 is 44.8. The zero-order chi connectivity index (χ0) is 25.7. The molecule has 10 nitrogen and oxygen atoms in total. The minimum Gasteiger partial charge on any atom is -0.497 e. The standard InChI is InChI=1S/C25H30N4O6S/c1-18-7-8-20(14-24(18)36(31,32)29-10-12-35-17-29)26-25(30)22-16-28(27-23(22)9-11-33-2)15-19-5-4-6-21(13-19)34-3/h4-8,13-14,16H,9-12,15,17H2,1-3H3,(H,26,30). The number of sulfonamides is 1. The van der Waals surface area contributed by atoms with Crippen LogP contribution < -0.4 is 10.1 Å². The number of nitrogens with zero attached hydrogens (tertiary/aromatic N) is 3. The number of benzene rings is 2. The highest BCUT2D eigenvalue weighted by molar-refractivity contribution is 7.89. The van der Waals surface area contributed by atoms with Crippen LogP contribution in [0.4, 0.5) is 5.69 Å². The number of carbonyl (C=O) groups excluding carboxylic acids is 1. The Balaban J connectivity index is 1.58. The Bertz CT molecular complexity index is 1330. The maximum atomic E-state index is 13.3. The SMILES string of the molecule is COCCc1nn(Cc2cccc(OC)c2)cc1C(=O)Nc1ccc(C)c(S(=O)(=O)N2CCOC2)c1. The van der Waals surface area contributed by atoms with Crippen LogP contribution in [0.2, 0.25) is 0 Å². The molecule has 0 spiro atoms. The van der Waals surface area contributed by atoms with E-state index in [1.54, 1.807) is 44.2 Å². The molecular weight excluding hydrogens is 484 g/mol. The van der Waals surface area contributed by atoms with Crippen molar-refractivity contribution in [2.45, 2.75) is 24.8 Å². The topological polar surface area (TPSA) is 112 Å². The van der Waals surface area contributed by atoms with Gasteiger partial charge in [0.05, 0.1) is 43.0 Å². The van der Waals surface area contributed by atoms with Gasteiger partial charge in [-0.1, -0.05) is 18.2 Å². The Morgan fingerprint density at radius 1 is 1.19 bits per heavy atom. The first-order valence-corrected chi connectivity index (χ1v) is 12.9. The Hall–Kier alpha value is -3.25. The van der Waals surface area contributed by atoms with Crippen molar-refractivity contribution in [2.24, 2.45) is 0 Å². The van der Waals surface area contributed by atoms with Crippen molar-refractivity contribution < 1.29 is 27.4 Å². The molecule has 192 valence electrons. The number of ether oxygens (including phenoxy) is 3. The molecule has 1 saturated heterocycles. The molecule has 0 bridgehead atoms. The van der Waals surface area contributed by atoms with Crippen LogP contribution in [0.25, 0.3) is 0 Å². The van der Waals surface area contributed by atoms with Gasteiger partial charge in [0.15, 0.2) is 0 Å². The highest BCUT2D eigenvalue weighted by atomic mass is 32.2. The van der Waals surface area contributed by atoms with Crippen molar-refractivity contribution in [2.75, 3.05) is 46.0 Å². The van der Waals surface area contributed by atoms with Gasteiger partial charge in [-0.2, -0.15) is 9.40 Å². The molecule has 0 saturated carbocycles. The summed E-state index contributed by atoms with van der Waals surface area (Å²) >= 11 is 0. The number of hydrogen-bond donors (Lipinski definition) is 1. The zero-order valence-electron chi connectivity index (χ0n) is 20.6. The minimum absolute atomic E-state index is 0.0215. The average Bonchev–Trinajstić information content (AvgIpc) is 3.55. The number of aryl methyl sites for hydroxylation is 1. The highest BCUT2D eigenvalue weighted by Crippen LogP contribution is 2.25. The van der Waals surface area contributed by atoms with Crippen LogP contribution in [-0.2, 0) is 32.5 Å². The molecule has 3 aromatic rings. The second-order valence-corrected chi connectivity index (χ2v) is 10.3. The third-order valence-corrected chi connectivity index (χ3v) is 7.85. The Labute approximate surface area is 210 Å². The van der Waals surface area contributed by atoms with E-state index in [4.69, 9.17) is 14.2 Å². The summed E-state index contributed by atoms with van der Waals surface area (Å²) in [6.45, 7) is 3.26. The second kappa shape index (κ2) is 11.2. The Kier molecular flexibility index (Phi) is 8.04. The molecule has 1 fully saturated rings. The number of hydrogen-bond acceptors (Lipinski definition) is 7. The predicted octanol–water partition coefficient (Wildman–Crippen LogP) is 2.67. The number of aromatic nitrogens is 2. The van der Waals surface area contributed by atoms with Gasteiger partial charge >= 0.3 is 0 Å². The van der Waals surface area contributed by atoms with Crippen LogP contribution in [0.5, 0.6) is 5.75 Å². The molecule has 0 radical (unpaired) electrons. The van der Waals surface area contributed by atoms with E-state index in [2.05, 4.69) is 10.4 Å². The van der Waals surface area contributed by atoms with Crippen molar-refractivity contribution in [3.63, 3.8) is 0 Å². The quantitative estimate of drug-likeness (QED) is 0.443. The van der Waals surface area contributed by atoms with Gasteiger partial charge in [-0.3, -0.25) is 9.48 Å². The molecule has 1 aliphatic heterocycles. The van der Waals surface area contributed by atoms with Crippen LogP contribution in [-0.4, -0.2) is 69.1 Å². The third kappa shape index (κ3) is 5.76. The highest BCUT2D eigenvalue weighted by Gasteiger charge is 2.29. The average molecular weight is 515 g/mol. The lowest BCUT2D eigenvalue weighted by atomic mass is 10.1. The molecule has 0 aliphatic carbocycles. The van der Waals surface area contributed by atoms with Gasteiger partial charge in [0, 0.05) is 32.0 Å². The third-order valence-electron chi connectivity index (χ3n) is 5.89. The van der Waals surface area contributed by atoms with Crippen LogP contribution in [0, 0.1) is 6.92 Å². The summed E-state index contributed by atoms with van der Waals surface area (Å²) in [4.78, 5) is 13.4. The largest absolute Gasteiger partial charge is 0.497 e. The first-order chi connectivity index (χ1) is 17.3. The first kappa shape index (κ1) is 25.8. The molecule has 11 heteroatoms. The van der Waals surface area contributed by atoms with Gasteiger partial charge < -0.3 is 19.5 Å². The van der Waals surface area contributed by atoms with E-state index in [0.717, 1.165) is 11.3 Å². The number of methoxy groups -OCH3 is 2. The van der Waals surface area contributed by atoms with E-state index in [1.807, 2.05) is 24.3 Å². The molecule has 1 amide bonds. The first-order valence-electron chi connectivity index (χ1n) is 11.5. The van der Waals surface area contributed by atoms with Crippen LogP contribution in [0.15, 0.2) is 53.6 Å². The predicted molar refractivity (Wildman–Crippen MR) is 134 cm³/mol. The number of anilines is 1. The molecule has 1 aliphatic rings. The van der Waals surface area contributed by atoms with E-state index in [9.17, 15) is 13.2 Å². The molecule has 0 atom stereocenters. The number of carbonyl (C=O) groups is 1. The molecular formula is C25H30N4O6S. The molecule has 36 heavy (non-hydrogen) atoms. The fourth-order valence-corrected chi connectivity index (χ4v) is 5.51. The fourth-order valence-electron chi connectivity index (χ4n) is 3.95. The summed E-state index contributed by atoms with van der Waals surface area (Å²) in [6.07, 6.45) is 2.14. The molecule has 0 unspecified atom stereocenters. The van der Waals surface area contributed by atoms with E-state index in [1.165, 1.54) is 10.4 Å². The maximum absolute atomic E-state index is 13.3. The number of amides is 1. The van der Waals surface area contributed by atoms with Gasteiger partial charge in [-0.05, 0) is 42.3 Å². The number of nitrogens with one attached hydrogen (secondary N) is 1. The molecule has 1 N–H and O–H groups in total. The second-order valence-electron chi connectivity index (χ2n) is 8.43. The maximum Gasteiger partial charge on any atom is 0.259 e. The van der Waals surface area contributed by atoms with Gasteiger partial charge in [0.25, 0.3) is 5.91 Å². The summed E-state index contributed by atoms with van der Waals surface area (Å²) in [5, 5.41) is 7.44. The van der Waals surface area contributed by atoms with Crippen LogP contribution in [0.1, 0.15) is 27.2 Å². The van der Waals surface area contributed by atoms with Gasteiger partial charge in [-0.15, -0.1) is 0 Å². The normalized spacial score (nSPS) is 14.2. The van der Waals surface area contributed by atoms with E-state index >= 15 is 0 Å². The Morgan fingerprint density at radius 2 is 2.03 bits per heavy atom. The summed E-state index contributed by atoms with van der Waals surface area (Å²) in [5.41, 5.74) is 2.93. The Morgan fingerprint density at radius 3 is 2.75 bits per heavy atom. The van der Waals surface area contributed by atoms with Crippen molar-refractivity contribution in [3.8, 4) is 5.75 Å². The fraction of sp³-hybridized carbons (Fsp3) is 0.360. The van der Waals surface area contributed by atoms with Gasteiger partial charge in [0.1, 0.15) is 12.5 Å². The van der Waals surface area contributed by atoms with Crippen LogP contribution >= 0.6 is 0 Å². The van der Waals surface area contributed by atoms with Crippen molar-refractivity contribution >= 4 is 21.6 Å².